The smallest absolute Gasteiger partial charge is 0.232 e. The van der Waals surface area contributed by atoms with Crippen LogP contribution in [0.5, 0.6) is 0 Å². The number of unbranched alkanes of at least 4 members (excludes halogenated alkanes) is 2. The van der Waals surface area contributed by atoms with Crippen LogP contribution in [0, 0.1) is 5.41 Å². The second kappa shape index (κ2) is 13.4. The fourth-order valence-electron chi connectivity index (χ4n) is 3.90. The number of hydrogen-bond donors (Lipinski definition) is 3. The summed E-state index contributed by atoms with van der Waals surface area (Å²) in [5.41, 5.74) is -0.651. The molecule has 0 bridgehead atoms. The first-order valence-corrected chi connectivity index (χ1v) is 12.6. The minimum Gasteiger partial charge on any atom is -0.354 e. The summed E-state index contributed by atoms with van der Waals surface area (Å²) in [5, 5.41) is 14.8. The molecule has 172 valence electrons. The third-order valence-corrected chi connectivity index (χ3v) is 6.85. The monoisotopic (exact) mass is 446 g/mol. The molecule has 1 aromatic rings. The molecule has 0 atom stereocenters. The van der Waals surface area contributed by atoms with Crippen LogP contribution in [0.25, 0.3) is 0 Å². The van der Waals surface area contributed by atoms with E-state index in [-0.39, 0.29) is 17.9 Å². The Labute approximate surface area is 191 Å². The summed E-state index contributed by atoms with van der Waals surface area (Å²) >= 11 is 1.57. The van der Waals surface area contributed by atoms with Crippen LogP contribution in [0.4, 0.5) is 0 Å². The van der Waals surface area contributed by atoms with Gasteiger partial charge in [-0.1, -0.05) is 57.7 Å². The first kappa shape index (κ1) is 25.2. The van der Waals surface area contributed by atoms with Gasteiger partial charge in [-0.25, -0.2) is 0 Å². The molecular weight excluding hydrogens is 408 g/mol. The molecule has 1 aliphatic rings. The van der Waals surface area contributed by atoms with Crippen molar-refractivity contribution in [1.29, 1.82) is 5.41 Å². The minimum absolute atomic E-state index is 0.146. The van der Waals surface area contributed by atoms with Crippen molar-refractivity contribution in [1.82, 2.24) is 15.5 Å². The average Bonchev–Trinajstić information content (AvgIpc) is 2.80. The second-order valence-electron chi connectivity index (χ2n) is 8.38. The maximum atomic E-state index is 12.5. The first-order chi connectivity index (χ1) is 15.0. The second-order valence-corrected chi connectivity index (χ2v) is 9.43. The largest absolute Gasteiger partial charge is 0.354 e. The fraction of sp³-hybridized carbons (Fsp3) is 0.625. The molecule has 1 aliphatic heterocycles. The molecular formula is C24H38N4O2S. The maximum absolute atomic E-state index is 12.5. The molecule has 0 aliphatic carbocycles. The van der Waals surface area contributed by atoms with Crippen LogP contribution in [0.15, 0.2) is 35.2 Å². The van der Waals surface area contributed by atoms with Crippen LogP contribution in [0.2, 0.25) is 0 Å². The Bertz CT molecular complexity index is 682. The van der Waals surface area contributed by atoms with Crippen molar-refractivity contribution >= 4 is 29.9 Å². The number of rotatable bonds is 12. The summed E-state index contributed by atoms with van der Waals surface area (Å²) in [6, 6.07) is 10.1. The molecule has 1 amide bonds. The number of carbonyl (C=O) groups excluding carboxylic acids is 2. The number of thioether (sulfide) groups is 1. The van der Waals surface area contributed by atoms with Gasteiger partial charge >= 0.3 is 0 Å². The predicted octanol–water partition coefficient (Wildman–Crippen LogP) is 4.20. The van der Waals surface area contributed by atoms with Crippen LogP contribution < -0.4 is 10.6 Å². The molecule has 0 radical (unpaired) electrons. The highest BCUT2D eigenvalue weighted by atomic mass is 32.2. The van der Waals surface area contributed by atoms with Crippen molar-refractivity contribution in [3.63, 3.8) is 0 Å². The number of piperidine rings is 1. The number of benzene rings is 1. The van der Waals surface area contributed by atoms with Crippen molar-refractivity contribution in [3.05, 3.63) is 30.3 Å². The van der Waals surface area contributed by atoms with Gasteiger partial charge in [0, 0.05) is 24.0 Å². The zero-order valence-corrected chi connectivity index (χ0v) is 19.8. The van der Waals surface area contributed by atoms with Gasteiger partial charge in [-0.3, -0.25) is 10.2 Å². The van der Waals surface area contributed by atoms with E-state index in [1.807, 2.05) is 35.2 Å². The molecule has 0 spiro atoms. The summed E-state index contributed by atoms with van der Waals surface area (Å²) in [7, 11) is 0. The van der Waals surface area contributed by atoms with E-state index in [9.17, 15) is 9.59 Å². The Balaban J connectivity index is 1.77. The van der Waals surface area contributed by atoms with E-state index in [1.54, 1.807) is 11.8 Å². The van der Waals surface area contributed by atoms with E-state index in [4.69, 9.17) is 5.41 Å². The highest BCUT2D eigenvalue weighted by molar-refractivity contribution is 8.00. The third kappa shape index (κ3) is 8.56. The quantitative estimate of drug-likeness (QED) is 0.194. The standard InChI is InChI=1S/C24H38N4O2S/c1-3-5-14-24(19-29,15-6-4-2)27-23(25)26-20-12-16-28(17-13-20)22(30)18-31-21-10-8-7-9-11-21/h7-11,19-20H,3-6,12-18H2,1-2H3,(H3,25,26,27). The zero-order valence-electron chi connectivity index (χ0n) is 19.0. The normalized spacial score (nSPS) is 14.8. The van der Waals surface area contributed by atoms with Crippen molar-refractivity contribution in [2.45, 2.75) is 81.7 Å². The molecule has 1 fully saturated rings. The van der Waals surface area contributed by atoms with Gasteiger partial charge in [0.2, 0.25) is 5.91 Å². The maximum Gasteiger partial charge on any atom is 0.232 e. The highest BCUT2D eigenvalue weighted by Gasteiger charge is 2.30. The number of nitrogens with one attached hydrogen (secondary N) is 3. The lowest BCUT2D eigenvalue weighted by atomic mass is 9.88. The van der Waals surface area contributed by atoms with Gasteiger partial charge in [-0.15, -0.1) is 11.8 Å². The topological polar surface area (TPSA) is 85.3 Å². The Morgan fingerprint density at radius 2 is 1.77 bits per heavy atom. The molecule has 0 aromatic heterocycles. The number of aldehydes is 1. The number of guanidine groups is 1. The van der Waals surface area contributed by atoms with Crippen molar-refractivity contribution in [2.75, 3.05) is 18.8 Å². The molecule has 2 rings (SSSR count). The van der Waals surface area contributed by atoms with E-state index in [0.717, 1.165) is 62.5 Å². The summed E-state index contributed by atoms with van der Waals surface area (Å²) in [4.78, 5) is 27.5. The average molecular weight is 447 g/mol. The van der Waals surface area contributed by atoms with Gasteiger partial charge < -0.3 is 20.3 Å². The summed E-state index contributed by atoms with van der Waals surface area (Å²) < 4.78 is 0. The zero-order chi connectivity index (χ0) is 22.5. The molecule has 0 saturated carbocycles. The van der Waals surface area contributed by atoms with E-state index in [0.29, 0.717) is 18.8 Å². The molecule has 0 unspecified atom stereocenters. The van der Waals surface area contributed by atoms with Gasteiger partial charge in [-0.2, -0.15) is 0 Å². The lowest BCUT2D eigenvalue weighted by Crippen LogP contribution is -2.57. The fourth-order valence-corrected chi connectivity index (χ4v) is 4.72. The molecule has 1 aromatic carbocycles. The minimum atomic E-state index is -0.651. The van der Waals surface area contributed by atoms with Gasteiger partial charge in [0.1, 0.15) is 6.29 Å². The van der Waals surface area contributed by atoms with Crippen LogP contribution in [0.3, 0.4) is 0 Å². The van der Waals surface area contributed by atoms with Gasteiger partial charge in [0.25, 0.3) is 0 Å². The highest BCUT2D eigenvalue weighted by Crippen LogP contribution is 2.21. The molecule has 1 heterocycles. The Hall–Kier alpha value is -2.02. The van der Waals surface area contributed by atoms with Gasteiger partial charge in [0.15, 0.2) is 5.96 Å². The number of nitrogens with zero attached hydrogens (tertiary/aromatic N) is 1. The SMILES string of the molecule is CCCCC(C=O)(CCCC)NC(=N)NC1CCN(C(=O)CSc2ccccc2)CC1. The molecule has 3 N–H and O–H groups in total. The van der Waals surface area contributed by atoms with Crippen molar-refractivity contribution < 1.29 is 9.59 Å². The van der Waals surface area contributed by atoms with Crippen LogP contribution in [0.1, 0.15) is 65.2 Å². The molecule has 7 heteroatoms. The van der Waals surface area contributed by atoms with E-state index in [2.05, 4.69) is 24.5 Å². The summed E-state index contributed by atoms with van der Waals surface area (Å²) in [5.74, 6) is 0.847. The number of likely N-dealkylation sites (tertiary alicyclic amines) is 1. The van der Waals surface area contributed by atoms with Crippen LogP contribution in [-0.4, -0.2) is 53.5 Å². The number of carbonyl (C=O) groups is 2. The first-order valence-electron chi connectivity index (χ1n) is 11.6. The predicted molar refractivity (Wildman–Crippen MR) is 129 cm³/mol. The Morgan fingerprint density at radius 1 is 1.16 bits per heavy atom. The molecule has 31 heavy (non-hydrogen) atoms. The van der Waals surface area contributed by atoms with Crippen LogP contribution >= 0.6 is 11.8 Å². The van der Waals surface area contributed by atoms with Gasteiger partial charge in [-0.05, 0) is 37.8 Å². The van der Waals surface area contributed by atoms with E-state index in [1.165, 1.54) is 0 Å². The number of amides is 1. The molecule has 1 saturated heterocycles. The van der Waals surface area contributed by atoms with Gasteiger partial charge in [0.05, 0.1) is 11.3 Å². The van der Waals surface area contributed by atoms with Crippen LogP contribution in [-0.2, 0) is 9.59 Å². The summed E-state index contributed by atoms with van der Waals surface area (Å²) in [6.07, 6.45) is 8.10. The number of hydrogen-bond acceptors (Lipinski definition) is 4. The summed E-state index contributed by atoms with van der Waals surface area (Å²) in [6.45, 7) is 5.63. The lowest BCUT2D eigenvalue weighted by Gasteiger charge is -2.35. The van der Waals surface area contributed by atoms with Crippen molar-refractivity contribution in [2.24, 2.45) is 0 Å². The van der Waals surface area contributed by atoms with E-state index >= 15 is 0 Å². The Morgan fingerprint density at radius 3 is 2.32 bits per heavy atom. The van der Waals surface area contributed by atoms with Crippen molar-refractivity contribution in [3.8, 4) is 0 Å². The van der Waals surface area contributed by atoms with E-state index < -0.39 is 5.54 Å². The Kier molecular flexibility index (Phi) is 10.9. The molecule has 6 nitrogen and oxygen atoms in total. The third-order valence-electron chi connectivity index (χ3n) is 5.85. The lowest BCUT2D eigenvalue weighted by molar-refractivity contribution is -0.129.